The Morgan fingerprint density at radius 3 is 2.94 bits per heavy atom. The van der Waals surface area contributed by atoms with Gasteiger partial charge in [-0.3, -0.25) is 4.79 Å². The zero-order valence-corrected chi connectivity index (χ0v) is 10.2. The van der Waals surface area contributed by atoms with E-state index in [1.807, 2.05) is 18.2 Å². The van der Waals surface area contributed by atoms with Crippen LogP contribution in [-0.4, -0.2) is 23.7 Å². The molecule has 3 N–H and O–H groups in total. The first kappa shape index (κ1) is 12.2. The summed E-state index contributed by atoms with van der Waals surface area (Å²) in [6.07, 6.45) is 4.16. The second kappa shape index (κ2) is 6.44. The number of nitrogens with one attached hydrogen (secondary N) is 3. The van der Waals surface area contributed by atoms with Gasteiger partial charge in [0.05, 0.1) is 6.54 Å². The highest BCUT2D eigenvalue weighted by Gasteiger charge is 2.15. The molecule has 1 amide bonds. The van der Waals surface area contributed by atoms with Crippen LogP contribution in [0.1, 0.15) is 5.56 Å². The lowest BCUT2D eigenvalue weighted by Crippen LogP contribution is -2.58. The van der Waals surface area contributed by atoms with E-state index in [9.17, 15) is 4.79 Å². The molecule has 1 aliphatic heterocycles. The van der Waals surface area contributed by atoms with Crippen molar-refractivity contribution in [3.63, 3.8) is 0 Å². The van der Waals surface area contributed by atoms with Crippen LogP contribution in [-0.2, 0) is 4.79 Å². The Hall–Kier alpha value is -1.30. The Morgan fingerprint density at radius 2 is 2.18 bits per heavy atom. The number of thioether (sulfide) groups is 1. The lowest BCUT2D eigenvalue weighted by Gasteiger charge is -2.24. The molecular weight excluding hydrogens is 234 g/mol. The maximum atomic E-state index is 11.1. The van der Waals surface area contributed by atoms with Crippen LogP contribution in [0.3, 0.4) is 0 Å². The predicted octanol–water partition coefficient (Wildman–Crippen LogP) is 0.941. The van der Waals surface area contributed by atoms with Crippen LogP contribution in [0.15, 0.2) is 36.4 Å². The van der Waals surface area contributed by atoms with Gasteiger partial charge in [0.15, 0.2) is 0 Å². The lowest BCUT2D eigenvalue weighted by atomic mass is 10.2. The van der Waals surface area contributed by atoms with Crippen molar-refractivity contribution in [1.82, 2.24) is 16.2 Å². The van der Waals surface area contributed by atoms with Crippen LogP contribution >= 0.6 is 11.8 Å². The molecule has 1 saturated heterocycles. The van der Waals surface area contributed by atoms with Gasteiger partial charge in [-0.15, -0.1) is 11.8 Å². The maximum absolute atomic E-state index is 11.1. The molecule has 5 heteroatoms. The topological polar surface area (TPSA) is 53.2 Å². The number of hydrogen-bond acceptors (Lipinski definition) is 4. The van der Waals surface area contributed by atoms with Crippen LogP contribution in [0.25, 0.3) is 6.08 Å². The molecule has 1 aromatic carbocycles. The van der Waals surface area contributed by atoms with E-state index in [1.54, 1.807) is 11.8 Å². The van der Waals surface area contributed by atoms with E-state index in [-0.39, 0.29) is 11.4 Å². The van der Waals surface area contributed by atoms with Crippen LogP contribution in [0.4, 0.5) is 0 Å². The molecule has 1 aromatic rings. The molecule has 0 radical (unpaired) electrons. The van der Waals surface area contributed by atoms with Gasteiger partial charge in [0, 0.05) is 5.75 Å². The van der Waals surface area contributed by atoms with E-state index < -0.39 is 0 Å². The molecule has 1 heterocycles. The van der Waals surface area contributed by atoms with Gasteiger partial charge in [0.25, 0.3) is 0 Å². The fourth-order valence-corrected chi connectivity index (χ4v) is 2.22. The molecule has 2 rings (SSSR count). The highest BCUT2D eigenvalue weighted by molar-refractivity contribution is 8.00. The van der Waals surface area contributed by atoms with Crippen molar-refractivity contribution in [2.45, 2.75) is 5.50 Å². The Kier molecular flexibility index (Phi) is 4.61. The summed E-state index contributed by atoms with van der Waals surface area (Å²) in [5.74, 6) is 0.863. The monoisotopic (exact) mass is 249 g/mol. The van der Waals surface area contributed by atoms with Crippen LogP contribution in [0.5, 0.6) is 0 Å². The number of amides is 1. The first-order valence-electron chi connectivity index (χ1n) is 5.45. The third-order valence-corrected chi connectivity index (χ3v) is 3.20. The lowest BCUT2D eigenvalue weighted by molar-refractivity contribution is -0.122. The normalized spacial score (nSPS) is 20.5. The highest BCUT2D eigenvalue weighted by Crippen LogP contribution is 2.08. The fraction of sp³-hybridized carbons (Fsp3) is 0.250. The molecule has 0 saturated carbocycles. The number of rotatable bonds is 4. The molecule has 1 fully saturated rings. The Balaban J connectivity index is 1.72. The van der Waals surface area contributed by atoms with Gasteiger partial charge in [-0.05, 0) is 5.56 Å². The van der Waals surface area contributed by atoms with Crippen molar-refractivity contribution in [2.75, 3.05) is 12.3 Å². The molecule has 1 unspecified atom stereocenters. The second-order valence-electron chi connectivity index (χ2n) is 3.59. The molecule has 0 aromatic heterocycles. The number of carbonyl (C=O) groups is 1. The van der Waals surface area contributed by atoms with Crippen molar-refractivity contribution < 1.29 is 4.79 Å². The van der Waals surface area contributed by atoms with E-state index in [4.69, 9.17) is 0 Å². The van der Waals surface area contributed by atoms with Gasteiger partial charge < -0.3 is 5.32 Å². The zero-order valence-electron chi connectivity index (χ0n) is 9.35. The molecule has 17 heavy (non-hydrogen) atoms. The van der Waals surface area contributed by atoms with Gasteiger partial charge in [-0.1, -0.05) is 42.5 Å². The molecule has 0 aliphatic carbocycles. The average molecular weight is 249 g/mol. The summed E-state index contributed by atoms with van der Waals surface area (Å²) in [6.45, 7) is 0.330. The summed E-state index contributed by atoms with van der Waals surface area (Å²) < 4.78 is 0. The minimum atomic E-state index is -0.0586. The van der Waals surface area contributed by atoms with Gasteiger partial charge in [0.1, 0.15) is 5.50 Å². The average Bonchev–Trinajstić information content (AvgIpc) is 2.36. The van der Waals surface area contributed by atoms with Gasteiger partial charge in [-0.2, -0.15) is 0 Å². The molecule has 90 valence electrons. The minimum absolute atomic E-state index is 0.0216. The summed E-state index contributed by atoms with van der Waals surface area (Å²) in [5, 5.41) is 2.83. The van der Waals surface area contributed by atoms with E-state index in [1.165, 1.54) is 5.56 Å². The standard InChI is InChI=1S/C12H15N3OS/c16-11-9-13-15-12(14-11)17-8-4-7-10-5-2-1-3-6-10/h1-7,12-13,15H,8-9H2,(H,14,16)/b7-4+. The van der Waals surface area contributed by atoms with E-state index in [0.717, 1.165) is 5.75 Å². The highest BCUT2D eigenvalue weighted by atomic mass is 32.2. The molecule has 1 aliphatic rings. The second-order valence-corrected chi connectivity index (χ2v) is 4.73. The third kappa shape index (κ3) is 4.22. The molecule has 1 atom stereocenters. The Labute approximate surface area is 105 Å². The first-order chi connectivity index (χ1) is 8.34. The van der Waals surface area contributed by atoms with Crippen LogP contribution < -0.4 is 16.2 Å². The Morgan fingerprint density at radius 1 is 1.35 bits per heavy atom. The third-order valence-electron chi connectivity index (χ3n) is 2.24. The molecule has 4 nitrogen and oxygen atoms in total. The van der Waals surface area contributed by atoms with Crippen molar-refractivity contribution in [1.29, 1.82) is 0 Å². The quantitative estimate of drug-likeness (QED) is 0.743. The van der Waals surface area contributed by atoms with E-state index in [2.05, 4.69) is 40.5 Å². The van der Waals surface area contributed by atoms with E-state index >= 15 is 0 Å². The van der Waals surface area contributed by atoms with Gasteiger partial charge >= 0.3 is 0 Å². The van der Waals surface area contributed by atoms with Crippen LogP contribution in [0, 0.1) is 0 Å². The van der Waals surface area contributed by atoms with Crippen molar-refractivity contribution in [2.24, 2.45) is 0 Å². The number of hydrogen-bond donors (Lipinski definition) is 3. The van der Waals surface area contributed by atoms with Crippen molar-refractivity contribution in [3.8, 4) is 0 Å². The number of benzene rings is 1. The van der Waals surface area contributed by atoms with Crippen molar-refractivity contribution >= 4 is 23.7 Å². The summed E-state index contributed by atoms with van der Waals surface area (Å²) >= 11 is 1.63. The van der Waals surface area contributed by atoms with Crippen LogP contribution in [0.2, 0.25) is 0 Å². The fourth-order valence-electron chi connectivity index (χ4n) is 1.44. The maximum Gasteiger partial charge on any atom is 0.237 e. The van der Waals surface area contributed by atoms with Gasteiger partial charge in [0.2, 0.25) is 5.91 Å². The molecule has 0 spiro atoms. The first-order valence-corrected chi connectivity index (χ1v) is 6.50. The Bertz CT molecular complexity index is 394. The molecule has 0 bridgehead atoms. The zero-order chi connectivity index (χ0) is 11.9. The largest absolute Gasteiger partial charge is 0.330 e. The van der Waals surface area contributed by atoms with Crippen molar-refractivity contribution in [3.05, 3.63) is 42.0 Å². The molecular formula is C12H15N3OS. The summed E-state index contributed by atoms with van der Waals surface area (Å²) in [6, 6.07) is 10.1. The van der Waals surface area contributed by atoms with Gasteiger partial charge in [-0.25, -0.2) is 10.9 Å². The number of hydrazine groups is 1. The predicted molar refractivity (Wildman–Crippen MR) is 71.0 cm³/mol. The summed E-state index contributed by atoms with van der Waals surface area (Å²) in [7, 11) is 0. The number of carbonyl (C=O) groups excluding carboxylic acids is 1. The SMILES string of the molecule is O=C1CNNC(SC/C=C/c2ccccc2)N1. The summed E-state index contributed by atoms with van der Waals surface area (Å²) in [5.41, 5.74) is 6.96. The summed E-state index contributed by atoms with van der Waals surface area (Å²) in [4.78, 5) is 11.1. The van der Waals surface area contributed by atoms with E-state index in [0.29, 0.717) is 6.54 Å². The smallest absolute Gasteiger partial charge is 0.237 e. The minimum Gasteiger partial charge on any atom is -0.330 e.